The van der Waals surface area contributed by atoms with Gasteiger partial charge in [-0.1, -0.05) is 94.3 Å². The van der Waals surface area contributed by atoms with Crippen molar-refractivity contribution in [3.05, 3.63) is 29.3 Å². The van der Waals surface area contributed by atoms with Crippen LogP contribution in [0.4, 0.5) is 0 Å². The van der Waals surface area contributed by atoms with Crippen molar-refractivity contribution in [1.82, 2.24) is 0 Å². The number of hydrogen-bond donors (Lipinski definition) is 0. The molecule has 1 radical (unpaired) electrons. The molecule has 0 nitrogen and oxygen atoms in total. The van der Waals surface area contributed by atoms with Crippen LogP contribution in [-0.2, 0) is 0 Å². The molecule has 0 unspecified atom stereocenters. The Morgan fingerprint density at radius 3 is 2.10 bits per heavy atom. The second kappa shape index (κ2) is 10.2. The zero-order valence-corrected chi connectivity index (χ0v) is 15.1. The first kappa shape index (κ1) is 17.5. The smallest absolute Gasteiger partial charge is 0.0669 e. The van der Waals surface area contributed by atoms with Crippen molar-refractivity contribution < 1.29 is 0 Å². The van der Waals surface area contributed by atoms with Crippen LogP contribution in [0.25, 0.3) is 0 Å². The fourth-order valence-electron chi connectivity index (χ4n) is 2.87. The lowest BCUT2D eigenvalue weighted by Gasteiger charge is -2.14. The summed E-state index contributed by atoms with van der Waals surface area (Å²) in [5.74, 6) is 0. The van der Waals surface area contributed by atoms with Crippen LogP contribution in [0, 0.1) is 13.8 Å². The highest BCUT2D eigenvalue weighted by Crippen LogP contribution is 2.12. The maximum atomic E-state index is 2.49. The van der Waals surface area contributed by atoms with Gasteiger partial charge in [0.25, 0.3) is 0 Å². The Labute approximate surface area is 128 Å². The summed E-state index contributed by atoms with van der Waals surface area (Å²) >= 11 is 0. The molecule has 0 heterocycles. The molecule has 20 heavy (non-hydrogen) atoms. The average molecular weight is 290 g/mol. The third-order valence-electron chi connectivity index (χ3n) is 4.47. The zero-order chi connectivity index (χ0) is 14.8. The van der Waals surface area contributed by atoms with Gasteiger partial charge in [-0.05, 0) is 25.0 Å². The van der Waals surface area contributed by atoms with Gasteiger partial charge in [-0.15, -0.1) is 0 Å². The first-order valence-electron chi connectivity index (χ1n) is 8.55. The number of unbranched alkanes of at least 4 members (excludes halogenated alkanes) is 7. The van der Waals surface area contributed by atoms with Crippen molar-refractivity contribution in [3.8, 4) is 0 Å². The summed E-state index contributed by atoms with van der Waals surface area (Å²) < 4.78 is 0. The molecule has 1 heteroatoms. The van der Waals surface area contributed by atoms with Crippen molar-refractivity contribution in [3.63, 3.8) is 0 Å². The van der Waals surface area contributed by atoms with E-state index in [4.69, 9.17) is 0 Å². The Morgan fingerprint density at radius 2 is 1.45 bits per heavy atom. The van der Waals surface area contributed by atoms with E-state index in [0.717, 1.165) is 0 Å². The minimum Gasteiger partial charge on any atom is -0.0669 e. The van der Waals surface area contributed by atoms with Gasteiger partial charge in [0.1, 0.15) is 0 Å². The maximum absolute atomic E-state index is 2.49. The SMILES string of the molecule is CCCCCCCCCC[Si](C)c1cccc(C)c1C. The highest BCUT2D eigenvalue weighted by molar-refractivity contribution is 6.72. The van der Waals surface area contributed by atoms with E-state index in [1.54, 1.807) is 10.8 Å². The molecule has 0 amide bonds. The van der Waals surface area contributed by atoms with E-state index in [9.17, 15) is 0 Å². The molecule has 0 bridgehead atoms. The van der Waals surface area contributed by atoms with Crippen LogP contribution in [0.3, 0.4) is 0 Å². The molecule has 1 aromatic carbocycles. The number of benzene rings is 1. The van der Waals surface area contributed by atoms with Gasteiger partial charge in [0.15, 0.2) is 0 Å². The Balaban J connectivity index is 2.17. The minimum absolute atomic E-state index is 0.320. The van der Waals surface area contributed by atoms with Gasteiger partial charge in [0, 0.05) is 0 Å². The fraction of sp³-hybridized carbons (Fsp3) is 0.684. The molecule has 0 N–H and O–H groups in total. The lowest BCUT2D eigenvalue weighted by atomic mass is 10.1. The Hall–Kier alpha value is -0.563. The molecule has 1 aromatic rings. The van der Waals surface area contributed by atoms with Crippen LogP contribution in [0.15, 0.2) is 18.2 Å². The highest BCUT2D eigenvalue weighted by Gasteiger charge is 2.10. The third-order valence-corrected chi connectivity index (χ3v) is 7.03. The van der Waals surface area contributed by atoms with Gasteiger partial charge < -0.3 is 0 Å². The summed E-state index contributed by atoms with van der Waals surface area (Å²) in [6.07, 6.45) is 11.5. The van der Waals surface area contributed by atoms with E-state index >= 15 is 0 Å². The monoisotopic (exact) mass is 289 g/mol. The molecule has 0 saturated heterocycles. The average Bonchev–Trinajstić information content (AvgIpc) is 2.44. The van der Waals surface area contributed by atoms with E-state index < -0.39 is 0 Å². The van der Waals surface area contributed by atoms with Gasteiger partial charge >= 0.3 is 0 Å². The van der Waals surface area contributed by atoms with Crippen LogP contribution in [0.2, 0.25) is 12.6 Å². The molecule has 0 atom stereocenters. The highest BCUT2D eigenvalue weighted by atomic mass is 28.3. The normalized spacial score (nSPS) is 11.2. The number of aryl methyl sites for hydroxylation is 1. The van der Waals surface area contributed by atoms with Crippen LogP contribution >= 0.6 is 0 Å². The van der Waals surface area contributed by atoms with Gasteiger partial charge in [-0.3, -0.25) is 0 Å². The molecule has 0 aliphatic heterocycles. The van der Waals surface area contributed by atoms with E-state index in [0.29, 0.717) is 0 Å². The molecule has 0 saturated carbocycles. The molecular formula is C19H33Si. The van der Waals surface area contributed by atoms with Crippen molar-refractivity contribution in [1.29, 1.82) is 0 Å². The molecule has 0 aromatic heterocycles. The summed E-state index contributed by atoms with van der Waals surface area (Å²) in [6, 6.07) is 8.29. The van der Waals surface area contributed by atoms with Crippen molar-refractivity contribution >= 4 is 14.0 Å². The topological polar surface area (TPSA) is 0 Å². The second-order valence-corrected chi connectivity index (χ2v) is 8.85. The largest absolute Gasteiger partial charge is 0.0827 e. The zero-order valence-electron chi connectivity index (χ0n) is 14.1. The van der Waals surface area contributed by atoms with Crippen LogP contribution in [0.1, 0.15) is 69.4 Å². The third kappa shape index (κ3) is 6.26. The van der Waals surface area contributed by atoms with Crippen molar-refractivity contribution in [2.75, 3.05) is 0 Å². The first-order chi connectivity index (χ1) is 9.66. The lowest BCUT2D eigenvalue weighted by molar-refractivity contribution is 0.584. The van der Waals surface area contributed by atoms with E-state index in [-0.39, 0.29) is 8.80 Å². The summed E-state index contributed by atoms with van der Waals surface area (Å²) in [6.45, 7) is 9.32. The van der Waals surface area contributed by atoms with E-state index in [1.165, 1.54) is 63.0 Å². The Kier molecular flexibility index (Phi) is 8.92. The second-order valence-electron chi connectivity index (χ2n) is 6.25. The number of rotatable bonds is 10. The summed E-state index contributed by atoms with van der Waals surface area (Å²) in [7, 11) is -0.320. The van der Waals surface area contributed by atoms with Crippen molar-refractivity contribution in [2.24, 2.45) is 0 Å². The van der Waals surface area contributed by atoms with E-state index in [1.807, 2.05) is 0 Å². The molecule has 0 aliphatic carbocycles. The van der Waals surface area contributed by atoms with Gasteiger partial charge in [0.05, 0.1) is 8.80 Å². The Morgan fingerprint density at radius 1 is 0.850 bits per heavy atom. The summed E-state index contributed by atoms with van der Waals surface area (Å²) in [5.41, 5.74) is 3.01. The fourth-order valence-corrected chi connectivity index (χ4v) is 5.14. The maximum Gasteiger partial charge on any atom is 0.0827 e. The quantitative estimate of drug-likeness (QED) is 0.378. The summed E-state index contributed by atoms with van der Waals surface area (Å²) in [5, 5.41) is 1.66. The molecule has 0 fully saturated rings. The molecule has 113 valence electrons. The van der Waals surface area contributed by atoms with Crippen LogP contribution in [-0.4, -0.2) is 8.80 Å². The lowest BCUT2D eigenvalue weighted by Crippen LogP contribution is -2.29. The van der Waals surface area contributed by atoms with E-state index in [2.05, 4.69) is 45.5 Å². The van der Waals surface area contributed by atoms with Crippen LogP contribution in [0.5, 0.6) is 0 Å². The molecule has 0 aliphatic rings. The van der Waals surface area contributed by atoms with Gasteiger partial charge in [-0.2, -0.15) is 0 Å². The predicted molar refractivity (Wildman–Crippen MR) is 94.6 cm³/mol. The number of hydrogen-bond acceptors (Lipinski definition) is 0. The molecular weight excluding hydrogens is 256 g/mol. The van der Waals surface area contributed by atoms with Crippen molar-refractivity contribution in [2.45, 2.75) is 84.7 Å². The standard InChI is InChI=1S/C19H33Si/c1-5-6-7-8-9-10-11-12-16-20(4)19-15-13-14-17(2)18(19)3/h13-15H,5-12,16H2,1-4H3. The predicted octanol–water partition coefficient (Wildman–Crippen LogP) is 5.78. The Bertz CT molecular complexity index is 370. The van der Waals surface area contributed by atoms with Gasteiger partial charge in [0.2, 0.25) is 0 Å². The molecule has 0 spiro atoms. The van der Waals surface area contributed by atoms with Gasteiger partial charge in [-0.25, -0.2) is 0 Å². The minimum atomic E-state index is -0.320. The van der Waals surface area contributed by atoms with Crippen LogP contribution < -0.4 is 5.19 Å². The molecule has 1 rings (SSSR count). The first-order valence-corrected chi connectivity index (χ1v) is 10.8. The summed E-state index contributed by atoms with van der Waals surface area (Å²) in [4.78, 5) is 0.